The Labute approximate surface area is 130 Å². The normalized spacial score (nSPS) is 29.0. The van der Waals surface area contributed by atoms with E-state index in [0.29, 0.717) is 19.0 Å². The first-order valence-corrected chi connectivity index (χ1v) is 8.06. The number of halogens is 1. The summed E-state index contributed by atoms with van der Waals surface area (Å²) in [5, 5.41) is 0. The molecule has 120 valence electrons. The van der Waals surface area contributed by atoms with Crippen molar-refractivity contribution in [2.45, 2.75) is 45.6 Å². The summed E-state index contributed by atoms with van der Waals surface area (Å²) in [4.78, 5) is 25.9. The standard InChI is InChI=1S/C15H24ClNO4/c1-15(2,3)21-14(19)17-7-10-5-4-6-11(12(10)8-17)13(18)20-9-16/h10-12H,4-9H2,1-3H3. The van der Waals surface area contributed by atoms with Crippen LogP contribution < -0.4 is 0 Å². The number of alkyl halides is 1. The van der Waals surface area contributed by atoms with Gasteiger partial charge in [0.2, 0.25) is 0 Å². The number of rotatable bonds is 2. The zero-order chi connectivity index (χ0) is 15.6. The number of hydrogen-bond acceptors (Lipinski definition) is 4. The van der Waals surface area contributed by atoms with E-state index in [1.165, 1.54) is 0 Å². The first-order valence-electron chi connectivity index (χ1n) is 7.52. The van der Waals surface area contributed by atoms with Crippen LogP contribution in [0, 0.1) is 17.8 Å². The topological polar surface area (TPSA) is 55.8 Å². The summed E-state index contributed by atoms with van der Waals surface area (Å²) in [7, 11) is 0. The number of esters is 1. The van der Waals surface area contributed by atoms with Crippen molar-refractivity contribution < 1.29 is 19.1 Å². The lowest BCUT2D eigenvalue weighted by molar-refractivity contribution is -0.150. The molecule has 6 heteroatoms. The van der Waals surface area contributed by atoms with Crippen LogP contribution in [0.25, 0.3) is 0 Å². The van der Waals surface area contributed by atoms with Gasteiger partial charge in [-0.1, -0.05) is 18.0 Å². The summed E-state index contributed by atoms with van der Waals surface area (Å²) in [6.07, 6.45) is 2.57. The quantitative estimate of drug-likeness (QED) is 0.580. The summed E-state index contributed by atoms with van der Waals surface area (Å²) < 4.78 is 10.4. The summed E-state index contributed by atoms with van der Waals surface area (Å²) >= 11 is 5.48. The monoisotopic (exact) mass is 317 g/mol. The average molecular weight is 318 g/mol. The van der Waals surface area contributed by atoms with E-state index in [1.54, 1.807) is 4.90 Å². The Morgan fingerprint density at radius 3 is 2.57 bits per heavy atom. The van der Waals surface area contributed by atoms with Gasteiger partial charge in [-0.05, 0) is 45.4 Å². The Bertz CT molecular complexity index is 407. The maximum atomic E-state index is 12.2. The van der Waals surface area contributed by atoms with E-state index < -0.39 is 5.60 Å². The van der Waals surface area contributed by atoms with Gasteiger partial charge < -0.3 is 14.4 Å². The second-order valence-electron chi connectivity index (χ2n) is 6.92. The zero-order valence-corrected chi connectivity index (χ0v) is 13.7. The molecule has 1 saturated heterocycles. The molecule has 2 rings (SSSR count). The third kappa shape index (κ3) is 4.02. The molecule has 1 amide bonds. The second-order valence-corrected chi connectivity index (χ2v) is 7.14. The van der Waals surface area contributed by atoms with Gasteiger partial charge in [0.05, 0.1) is 5.92 Å². The third-order valence-corrected chi connectivity index (χ3v) is 4.36. The summed E-state index contributed by atoms with van der Waals surface area (Å²) in [6.45, 7) is 6.81. The Balaban J connectivity index is 2.00. The van der Waals surface area contributed by atoms with Gasteiger partial charge in [0.25, 0.3) is 0 Å². The molecular formula is C15H24ClNO4. The van der Waals surface area contributed by atoms with Crippen LogP contribution in [-0.4, -0.2) is 41.7 Å². The van der Waals surface area contributed by atoms with Gasteiger partial charge in [0.15, 0.2) is 6.07 Å². The Hall–Kier alpha value is -0.970. The molecule has 2 aliphatic rings. The largest absolute Gasteiger partial charge is 0.449 e. The van der Waals surface area contributed by atoms with Crippen molar-refractivity contribution in [3.63, 3.8) is 0 Å². The van der Waals surface area contributed by atoms with Gasteiger partial charge >= 0.3 is 12.1 Å². The number of ether oxygens (including phenoxy) is 2. The molecule has 3 unspecified atom stereocenters. The average Bonchev–Trinajstić information content (AvgIpc) is 2.80. The first-order chi connectivity index (χ1) is 9.81. The fourth-order valence-electron chi connectivity index (χ4n) is 3.40. The molecule has 1 aliphatic carbocycles. The smallest absolute Gasteiger partial charge is 0.410 e. The van der Waals surface area contributed by atoms with E-state index in [-0.39, 0.29) is 30.0 Å². The van der Waals surface area contributed by atoms with Gasteiger partial charge in [0.1, 0.15) is 5.60 Å². The molecular weight excluding hydrogens is 294 g/mol. The van der Waals surface area contributed by atoms with Crippen molar-refractivity contribution >= 4 is 23.7 Å². The highest BCUT2D eigenvalue weighted by atomic mass is 35.5. The van der Waals surface area contributed by atoms with Crippen LogP contribution in [0.4, 0.5) is 4.79 Å². The Morgan fingerprint density at radius 2 is 1.95 bits per heavy atom. The number of fused-ring (bicyclic) bond motifs is 1. The van der Waals surface area contributed by atoms with E-state index in [0.717, 1.165) is 19.3 Å². The molecule has 21 heavy (non-hydrogen) atoms. The lowest BCUT2D eigenvalue weighted by Gasteiger charge is -2.30. The maximum Gasteiger partial charge on any atom is 0.410 e. The summed E-state index contributed by atoms with van der Waals surface area (Å²) in [5.74, 6) is 0.154. The second kappa shape index (κ2) is 6.42. The van der Waals surface area contributed by atoms with E-state index in [1.807, 2.05) is 20.8 Å². The molecule has 5 nitrogen and oxygen atoms in total. The van der Waals surface area contributed by atoms with Crippen molar-refractivity contribution in [1.29, 1.82) is 0 Å². The minimum atomic E-state index is -0.498. The fourth-order valence-corrected chi connectivity index (χ4v) is 3.51. The summed E-state index contributed by atoms with van der Waals surface area (Å²) in [6, 6.07) is -0.109. The van der Waals surface area contributed by atoms with Crippen LogP contribution in [-0.2, 0) is 14.3 Å². The van der Waals surface area contributed by atoms with E-state index in [9.17, 15) is 9.59 Å². The van der Waals surface area contributed by atoms with Crippen molar-refractivity contribution in [1.82, 2.24) is 4.90 Å². The van der Waals surface area contributed by atoms with Crippen LogP contribution in [0.15, 0.2) is 0 Å². The molecule has 0 spiro atoms. The van der Waals surface area contributed by atoms with Gasteiger partial charge in [-0.15, -0.1) is 0 Å². The fraction of sp³-hybridized carbons (Fsp3) is 0.867. The molecule has 1 aliphatic heterocycles. The van der Waals surface area contributed by atoms with Gasteiger partial charge in [0, 0.05) is 13.1 Å². The highest BCUT2D eigenvalue weighted by molar-refractivity contribution is 6.17. The summed E-state index contributed by atoms with van der Waals surface area (Å²) in [5.41, 5.74) is -0.498. The van der Waals surface area contributed by atoms with E-state index in [4.69, 9.17) is 21.1 Å². The number of likely N-dealkylation sites (tertiary alicyclic amines) is 1. The predicted molar refractivity (Wildman–Crippen MR) is 78.9 cm³/mol. The van der Waals surface area contributed by atoms with Crippen molar-refractivity contribution in [2.75, 3.05) is 19.2 Å². The van der Waals surface area contributed by atoms with Crippen LogP contribution >= 0.6 is 11.6 Å². The van der Waals surface area contributed by atoms with Crippen LogP contribution in [0.1, 0.15) is 40.0 Å². The molecule has 0 radical (unpaired) electrons. The highest BCUT2D eigenvalue weighted by Crippen LogP contribution is 2.41. The van der Waals surface area contributed by atoms with Crippen molar-refractivity contribution in [3.8, 4) is 0 Å². The maximum absolute atomic E-state index is 12.2. The molecule has 0 aromatic rings. The molecule has 0 N–H and O–H groups in total. The Kier molecular flexibility index (Phi) is 5.02. The van der Waals surface area contributed by atoms with Gasteiger partial charge in [-0.2, -0.15) is 0 Å². The SMILES string of the molecule is CC(C)(C)OC(=O)N1CC2CCCC(C(=O)OCCl)C2C1. The van der Waals surface area contributed by atoms with Gasteiger partial charge in [-0.25, -0.2) is 4.79 Å². The van der Waals surface area contributed by atoms with Crippen LogP contribution in [0.5, 0.6) is 0 Å². The molecule has 2 fully saturated rings. The van der Waals surface area contributed by atoms with Gasteiger partial charge in [-0.3, -0.25) is 4.79 Å². The van der Waals surface area contributed by atoms with E-state index in [2.05, 4.69) is 0 Å². The predicted octanol–water partition coefficient (Wildman–Crippen LogP) is 3.01. The lowest BCUT2D eigenvalue weighted by Crippen LogP contribution is -2.36. The number of carbonyl (C=O) groups excluding carboxylic acids is 2. The minimum absolute atomic E-state index is 0.109. The van der Waals surface area contributed by atoms with Crippen molar-refractivity contribution in [3.05, 3.63) is 0 Å². The van der Waals surface area contributed by atoms with E-state index >= 15 is 0 Å². The van der Waals surface area contributed by atoms with Crippen LogP contribution in [0.3, 0.4) is 0 Å². The third-order valence-electron chi connectivity index (χ3n) is 4.25. The molecule has 1 heterocycles. The number of carbonyl (C=O) groups is 2. The number of nitrogens with zero attached hydrogens (tertiary/aromatic N) is 1. The number of amides is 1. The highest BCUT2D eigenvalue weighted by Gasteiger charge is 2.45. The zero-order valence-electron chi connectivity index (χ0n) is 12.9. The van der Waals surface area contributed by atoms with Crippen molar-refractivity contribution in [2.24, 2.45) is 17.8 Å². The first kappa shape index (κ1) is 16.4. The molecule has 0 aromatic heterocycles. The molecule has 0 bridgehead atoms. The minimum Gasteiger partial charge on any atom is -0.449 e. The van der Waals surface area contributed by atoms with Crippen LogP contribution in [0.2, 0.25) is 0 Å². The molecule has 0 aromatic carbocycles. The Morgan fingerprint density at radius 1 is 1.24 bits per heavy atom. The number of hydrogen-bond donors (Lipinski definition) is 0. The lowest BCUT2D eigenvalue weighted by atomic mass is 9.74. The molecule has 1 saturated carbocycles. The molecule has 3 atom stereocenters.